The molecule has 2 saturated heterocycles. The molecule has 3 rings (SSSR count). The van der Waals surface area contributed by atoms with Gasteiger partial charge in [-0.1, -0.05) is 18.2 Å². The van der Waals surface area contributed by atoms with Crippen LogP contribution in [0, 0.1) is 0 Å². The van der Waals surface area contributed by atoms with E-state index < -0.39 is 6.03 Å². The Labute approximate surface area is 148 Å². The number of para-hydroxylation sites is 1. The van der Waals surface area contributed by atoms with Gasteiger partial charge in [0.25, 0.3) is 0 Å². The molecule has 1 aromatic rings. The van der Waals surface area contributed by atoms with Crippen molar-refractivity contribution in [2.45, 2.75) is 18.9 Å². The fourth-order valence-electron chi connectivity index (χ4n) is 3.74. The average molecular weight is 345 g/mol. The number of urea groups is 1. The van der Waals surface area contributed by atoms with Gasteiger partial charge >= 0.3 is 6.03 Å². The zero-order chi connectivity index (χ0) is 17.6. The molecule has 0 aliphatic carbocycles. The van der Waals surface area contributed by atoms with Crippen molar-refractivity contribution in [2.24, 2.45) is 5.73 Å². The van der Waals surface area contributed by atoms with Crippen LogP contribution < -0.4 is 16.0 Å². The van der Waals surface area contributed by atoms with E-state index in [1.807, 2.05) is 11.0 Å². The number of hydrogen-bond acceptors (Lipinski definition) is 4. The lowest BCUT2D eigenvalue weighted by molar-refractivity contribution is -0.132. The number of piperidine rings is 1. The molecule has 7 nitrogen and oxygen atoms in total. The van der Waals surface area contributed by atoms with Gasteiger partial charge in [0.2, 0.25) is 5.91 Å². The topological polar surface area (TPSA) is 81.9 Å². The number of rotatable bonds is 4. The predicted octanol–water partition coefficient (Wildman–Crippen LogP) is 0.468. The summed E-state index contributed by atoms with van der Waals surface area (Å²) in [7, 11) is 0. The van der Waals surface area contributed by atoms with Crippen LogP contribution in [0.1, 0.15) is 12.8 Å². The van der Waals surface area contributed by atoms with Crippen molar-refractivity contribution < 1.29 is 9.59 Å². The van der Waals surface area contributed by atoms with Crippen LogP contribution in [0.5, 0.6) is 0 Å². The van der Waals surface area contributed by atoms with Crippen molar-refractivity contribution in [1.82, 2.24) is 15.1 Å². The molecule has 7 heteroatoms. The fraction of sp³-hybridized carbons (Fsp3) is 0.556. The van der Waals surface area contributed by atoms with E-state index in [0.29, 0.717) is 6.04 Å². The van der Waals surface area contributed by atoms with Gasteiger partial charge in [0, 0.05) is 51.0 Å². The number of likely N-dealkylation sites (tertiary alicyclic amines) is 1. The number of nitrogens with two attached hydrogens (primary N) is 1. The summed E-state index contributed by atoms with van der Waals surface area (Å²) in [5, 5.41) is 2.39. The summed E-state index contributed by atoms with van der Waals surface area (Å²) in [6.45, 7) is 5.55. The van der Waals surface area contributed by atoms with Gasteiger partial charge in [0.15, 0.2) is 0 Å². The van der Waals surface area contributed by atoms with Gasteiger partial charge in [0.05, 0.1) is 6.54 Å². The van der Waals surface area contributed by atoms with Gasteiger partial charge in [-0.25, -0.2) is 4.79 Å². The molecule has 3 N–H and O–H groups in total. The van der Waals surface area contributed by atoms with Crippen LogP contribution in [0.2, 0.25) is 0 Å². The minimum atomic E-state index is -0.654. The molecule has 0 saturated carbocycles. The Balaban J connectivity index is 1.49. The number of carbonyl (C=O) groups is 2. The monoisotopic (exact) mass is 345 g/mol. The summed E-state index contributed by atoms with van der Waals surface area (Å²) in [4.78, 5) is 29.7. The Morgan fingerprint density at radius 3 is 2.48 bits per heavy atom. The Bertz CT molecular complexity index is 586. The summed E-state index contributed by atoms with van der Waals surface area (Å²) >= 11 is 0. The number of primary amides is 1. The van der Waals surface area contributed by atoms with E-state index in [4.69, 9.17) is 5.73 Å². The Hall–Kier alpha value is -2.28. The van der Waals surface area contributed by atoms with E-state index in [9.17, 15) is 9.59 Å². The Kier molecular flexibility index (Phi) is 5.75. The van der Waals surface area contributed by atoms with Crippen LogP contribution >= 0.6 is 0 Å². The van der Waals surface area contributed by atoms with Crippen molar-refractivity contribution in [3.63, 3.8) is 0 Å². The van der Waals surface area contributed by atoms with E-state index >= 15 is 0 Å². The molecule has 3 amide bonds. The number of hydrogen-bond donors (Lipinski definition) is 2. The zero-order valence-electron chi connectivity index (χ0n) is 14.6. The maximum atomic E-state index is 12.2. The van der Waals surface area contributed by atoms with Crippen LogP contribution in [-0.2, 0) is 4.79 Å². The minimum Gasteiger partial charge on any atom is -0.369 e. The summed E-state index contributed by atoms with van der Waals surface area (Å²) < 4.78 is 0. The third-order valence-electron chi connectivity index (χ3n) is 5.12. The second-order valence-electron chi connectivity index (χ2n) is 6.71. The van der Waals surface area contributed by atoms with Gasteiger partial charge in [-0.15, -0.1) is 0 Å². The van der Waals surface area contributed by atoms with Gasteiger partial charge in [-0.3, -0.25) is 9.69 Å². The highest BCUT2D eigenvalue weighted by molar-refractivity contribution is 5.83. The first-order chi connectivity index (χ1) is 12.1. The number of benzene rings is 1. The summed E-state index contributed by atoms with van der Waals surface area (Å²) in [6.07, 6.45) is 2.13. The lowest BCUT2D eigenvalue weighted by atomic mass is 10.0. The van der Waals surface area contributed by atoms with Crippen molar-refractivity contribution >= 4 is 17.6 Å². The summed E-state index contributed by atoms with van der Waals surface area (Å²) in [5.74, 6) is -0.0496. The molecule has 2 aliphatic rings. The Morgan fingerprint density at radius 1 is 1.08 bits per heavy atom. The predicted molar refractivity (Wildman–Crippen MR) is 97.4 cm³/mol. The van der Waals surface area contributed by atoms with E-state index in [1.54, 1.807) is 0 Å². The molecule has 2 heterocycles. The second-order valence-corrected chi connectivity index (χ2v) is 6.71. The van der Waals surface area contributed by atoms with Crippen molar-refractivity contribution in [2.75, 3.05) is 50.7 Å². The number of carbonyl (C=O) groups excluding carboxylic acids is 2. The molecule has 2 aliphatic heterocycles. The molecular formula is C18H27N5O2. The molecule has 1 atom stereocenters. The van der Waals surface area contributed by atoms with Gasteiger partial charge in [0.1, 0.15) is 0 Å². The van der Waals surface area contributed by atoms with Crippen molar-refractivity contribution in [3.8, 4) is 0 Å². The first kappa shape index (κ1) is 17.5. The van der Waals surface area contributed by atoms with Crippen LogP contribution in [0.25, 0.3) is 0 Å². The smallest absolute Gasteiger partial charge is 0.312 e. The van der Waals surface area contributed by atoms with Crippen molar-refractivity contribution in [1.29, 1.82) is 0 Å². The minimum absolute atomic E-state index is 0.0101. The first-order valence-corrected chi connectivity index (χ1v) is 8.98. The zero-order valence-corrected chi connectivity index (χ0v) is 14.6. The number of amides is 3. The molecule has 0 spiro atoms. The lowest BCUT2D eigenvalue weighted by Crippen LogP contribution is -2.56. The van der Waals surface area contributed by atoms with Crippen LogP contribution in [-0.4, -0.2) is 73.6 Å². The Morgan fingerprint density at radius 2 is 1.80 bits per heavy atom. The lowest BCUT2D eigenvalue weighted by Gasteiger charge is -2.44. The largest absolute Gasteiger partial charge is 0.369 e. The molecule has 0 bridgehead atoms. The third kappa shape index (κ3) is 4.63. The highest BCUT2D eigenvalue weighted by atomic mass is 16.2. The van der Waals surface area contributed by atoms with E-state index in [2.05, 4.69) is 39.4 Å². The maximum Gasteiger partial charge on any atom is 0.312 e. The average Bonchev–Trinajstić information content (AvgIpc) is 2.67. The van der Waals surface area contributed by atoms with Crippen LogP contribution in [0.15, 0.2) is 30.3 Å². The van der Waals surface area contributed by atoms with E-state index in [0.717, 1.165) is 52.1 Å². The molecule has 1 aromatic carbocycles. The highest BCUT2D eigenvalue weighted by Crippen LogP contribution is 2.20. The molecule has 0 aromatic heterocycles. The molecule has 0 radical (unpaired) electrons. The number of nitrogens with zero attached hydrogens (tertiary/aromatic N) is 3. The molecule has 25 heavy (non-hydrogen) atoms. The highest BCUT2D eigenvalue weighted by Gasteiger charge is 2.29. The van der Waals surface area contributed by atoms with Gasteiger partial charge in [-0.05, 0) is 25.0 Å². The molecule has 0 unspecified atom stereocenters. The summed E-state index contributed by atoms with van der Waals surface area (Å²) in [6, 6.07) is 10.3. The first-order valence-electron chi connectivity index (χ1n) is 8.98. The third-order valence-corrected chi connectivity index (χ3v) is 5.12. The number of nitrogens with one attached hydrogen (secondary N) is 1. The molecule has 2 fully saturated rings. The second kappa shape index (κ2) is 8.20. The molecule has 136 valence electrons. The van der Waals surface area contributed by atoms with E-state index in [1.165, 1.54) is 5.69 Å². The summed E-state index contributed by atoms with van der Waals surface area (Å²) in [5.41, 5.74) is 6.32. The molecular weight excluding hydrogens is 318 g/mol. The number of anilines is 1. The van der Waals surface area contributed by atoms with E-state index in [-0.39, 0.29) is 12.5 Å². The standard InChI is InChI=1S/C18H27N5O2/c19-18(25)20-13-17(24)23-8-4-7-16(14-23)22-11-9-21(10-12-22)15-5-2-1-3-6-15/h1-3,5-6,16H,4,7-14H2,(H3,19,20,25)/t16-/m1/s1. The van der Waals surface area contributed by atoms with Gasteiger partial charge < -0.3 is 20.9 Å². The van der Waals surface area contributed by atoms with Crippen molar-refractivity contribution in [3.05, 3.63) is 30.3 Å². The fourth-order valence-corrected chi connectivity index (χ4v) is 3.74. The van der Waals surface area contributed by atoms with Gasteiger partial charge in [-0.2, -0.15) is 0 Å². The quantitative estimate of drug-likeness (QED) is 0.831. The normalized spacial score (nSPS) is 21.8. The number of piperazine rings is 1. The maximum absolute atomic E-state index is 12.2. The van der Waals surface area contributed by atoms with Crippen LogP contribution in [0.4, 0.5) is 10.5 Å². The SMILES string of the molecule is NC(=O)NCC(=O)N1CCC[C@@H](N2CCN(c3ccccc3)CC2)C1. The van der Waals surface area contributed by atoms with Crippen LogP contribution in [0.3, 0.4) is 0 Å².